The Bertz CT molecular complexity index is 1020. The van der Waals surface area contributed by atoms with Gasteiger partial charge in [-0.1, -0.05) is 23.7 Å². The van der Waals surface area contributed by atoms with Gasteiger partial charge < -0.3 is 9.84 Å². The van der Waals surface area contributed by atoms with Crippen LogP contribution in [0.2, 0.25) is 5.02 Å². The van der Waals surface area contributed by atoms with Crippen molar-refractivity contribution in [1.82, 2.24) is 19.8 Å². The van der Waals surface area contributed by atoms with Crippen LogP contribution >= 0.6 is 11.6 Å². The number of nitrogens with zero attached hydrogens (tertiary/aromatic N) is 3. The molecule has 1 unspecified atom stereocenters. The van der Waals surface area contributed by atoms with Crippen LogP contribution in [0.5, 0.6) is 0 Å². The molecule has 0 bridgehead atoms. The summed E-state index contributed by atoms with van der Waals surface area (Å²) in [5.74, 6) is 0.533. The standard InChI is InChI=1S/C19H25ClN4O4S/c1-12-6-5-9-24(11-12)29(26,27)16-10-14(7-8-15(16)20)17(25)22-19(3,4)18-21-13(2)28-23-18/h7-8,10,12H,5-6,9,11H2,1-4H3,(H,22,25). The van der Waals surface area contributed by atoms with Gasteiger partial charge in [-0.05, 0) is 50.8 Å². The first-order valence-electron chi connectivity index (χ1n) is 9.43. The third kappa shape index (κ3) is 4.62. The molecule has 1 aromatic carbocycles. The van der Waals surface area contributed by atoms with E-state index in [4.69, 9.17) is 16.1 Å². The van der Waals surface area contributed by atoms with Crippen LogP contribution in [0.3, 0.4) is 0 Å². The zero-order valence-corrected chi connectivity index (χ0v) is 18.5. The molecule has 2 heterocycles. The van der Waals surface area contributed by atoms with E-state index in [1.807, 2.05) is 6.92 Å². The van der Waals surface area contributed by atoms with E-state index in [1.165, 1.54) is 22.5 Å². The Morgan fingerprint density at radius 2 is 2.10 bits per heavy atom. The number of amides is 1. The molecule has 1 aromatic heterocycles. The Hall–Kier alpha value is -1.97. The van der Waals surface area contributed by atoms with E-state index in [0.29, 0.717) is 24.8 Å². The van der Waals surface area contributed by atoms with Gasteiger partial charge in [0.05, 0.1) is 10.6 Å². The number of sulfonamides is 1. The molecule has 2 aromatic rings. The predicted octanol–water partition coefficient (Wildman–Crippen LogP) is 3.12. The lowest BCUT2D eigenvalue weighted by Crippen LogP contribution is -2.42. The van der Waals surface area contributed by atoms with E-state index in [2.05, 4.69) is 15.5 Å². The molecule has 0 aliphatic carbocycles. The quantitative estimate of drug-likeness (QED) is 0.765. The Labute approximate surface area is 175 Å². The van der Waals surface area contributed by atoms with Gasteiger partial charge in [-0.25, -0.2) is 8.42 Å². The third-order valence-electron chi connectivity index (χ3n) is 4.94. The molecule has 1 amide bonds. The molecule has 10 heteroatoms. The lowest BCUT2D eigenvalue weighted by molar-refractivity contribution is 0.0907. The van der Waals surface area contributed by atoms with Crippen LogP contribution in [0.15, 0.2) is 27.6 Å². The van der Waals surface area contributed by atoms with Gasteiger partial charge in [-0.2, -0.15) is 9.29 Å². The van der Waals surface area contributed by atoms with Crippen molar-refractivity contribution >= 4 is 27.5 Å². The second-order valence-electron chi connectivity index (χ2n) is 7.97. The van der Waals surface area contributed by atoms with Crippen molar-refractivity contribution in [3.05, 3.63) is 40.5 Å². The van der Waals surface area contributed by atoms with E-state index >= 15 is 0 Å². The van der Waals surface area contributed by atoms with Crippen LogP contribution in [0.1, 0.15) is 55.7 Å². The van der Waals surface area contributed by atoms with Crippen LogP contribution in [-0.4, -0.2) is 41.9 Å². The highest BCUT2D eigenvalue weighted by molar-refractivity contribution is 7.89. The van der Waals surface area contributed by atoms with Crippen LogP contribution in [0, 0.1) is 12.8 Å². The molecule has 8 nitrogen and oxygen atoms in total. The first kappa shape index (κ1) is 21.7. The Kier molecular flexibility index (Phi) is 6.03. The Morgan fingerprint density at radius 3 is 2.72 bits per heavy atom. The minimum Gasteiger partial charge on any atom is -0.340 e. The number of carbonyl (C=O) groups excluding carboxylic acids is 1. The fourth-order valence-corrected chi connectivity index (χ4v) is 5.41. The Morgan fingerprint density at radius 1 is 1.38 bits per heavy atom. The molecule has 1 atom stereocenters. The summed E-state index contributed by atoms with van der Waals surface area (Å²) in [5.41, 5.74) is -0.721. The van der Waals surface area contributed by atoms with Crippen molar-refractivity contribution in [3.63, 3.8) is 0 Å². The van der Waals surface area contributed by atoms with Crippen LogP contribution in [-0.2, 0) is 15.6 Å². The van der Waals surface area contributed by atoms with Crippen molar-refractivity contribution in [3.8, 4) is 0 Å². The number of nitrogens with one attached hydrogen (secondary N) is 1. The summed E-state index contributed by atoms with van der Waals surface area (Å²) in [6.45, 7) is 8.04. The zero-order chi connectivity index (χ0) is 21.4. The summed E-state index contributed by atoms with van der Waals surface area (Å²) in [6.07, 6.45) is 1.79. The minimum atomic E-state index is -3.79. The average molecular weight is 441 g/mol. The summed E-state index contributed by atoms with van der Waals surface area (Å²) < 4.78 is 32.6. The van der Waals surface area contributed by atoms with Crippen molar-refractivity contribution in [2.24, 2.45) is 5.92 Å². The summed E-state index contributed by atoms with van der Waals surface area (Å²) in [6, 6.07) is 4.25. The predicted molar refractivity (Wildman–Crippen MR) is 108 cm³/mol. The molecule has 0 spiro atoms. The number of benzene rings is 1. The first-order chi connectivity index (χ1) is 13.5. The van der Waals surface area contributed by atoms with E-state index in [0.717, 1.165) is 12.8 Å². The molecule has 3 rings (SSSR count). The maximum Gasteiger partial charge on any atom is 0.252 e. The number of hydrogen-bond acceptors (Lipinski definition) is 6. The number of piperidine rings is 1. The largest absolute Gasteiger partial charge is 0.340 e. The van der Waals surface area contributed by atoms with Gasteiger partial charge in [0.1, 0.15) is 4.90 Å². The highest BCUT2D eigenvalue weighted by atomic mass is 35.5. The van der Waals surface area contributed by atoms with Gasteiger partial charge in [-0.3, -0.25) is 4.79 Å². The highest BCUT2D eigenvalue weighted by Crippen LogP contribution is 2.29. The summed E-state index contributed by atoms with van der Waals surface area (Å²) >= 11 is 6.20. The first-order valence-corrected chi connectivity index (χ1v) is 11.3. The van der Waals surface area contributed by atoms with Crippen LogP contribution in [0.4, 0.5) is 0 Å². The molecule has 1 saturated heterocycles. The lowest BCUT2D eigenvalue weighted by atomic mass is 10.0. The van der Waals surface area contributed by atoms with Gasteiger partial charge in [0.2, 0.25) is 15.9 Å². The average Bonchev–Trinajstić information content (AvgIpc) is 3.09. The van der Waals surface area contributed by atoms with Gasteiger partial charge in [0.25, 0.3) is 5.91 Å². The number of rotatable bonds is 5. The summed E-state index contributed by atoms with van der Waals surface area (Å²) in [4.78, 5) is 16.9. The highest BCUT2D eigenvalue weighted by Gasteiger charge is 2.32. The van der Waals surface area contributed by atoms with Crippen molar-refractivity contribution < 1.29 is 17.7 Å². The maximum absolute atomic E-state index is 13.1. The number of hydrogen-bond donors (Lipinski definition) is 1. The normalized spacial score (nSPS) is 18.6. The third-order valence-corrected chi connectivity index (χ3v) is 7.29. The second-order valence-corrected chi connectivity index (χ2v) is 10.3. The molecule has 1 N–H and O–H groups in total. The Balaban J connectivity index is 1.87. The van der Waals surface area contributed by atoms with E-state index in [-0.39, 0.29) is 21.4 Å². The SMILES string of the molecule is Cc1nc(C(C)(C)NC(=O)c2ccc(Cl)c(S(=O)(=O)N3CCCC(C)C3)c2)no1. The van der Waals surface area contributed by atoms with Gasteiger partial charge >= 0.3 is 0 Å². The lowest BCUT2D eigenvalue weighted by Gasteiger charge is -2.30. The molecular weight excluding hydrogens is 416 g/mol. The minimum absolute atomic E-state index is 0.0610. The second kappa shape index (κ2) is 8.04. The van der Waals surface area contributed by atoms with Crippen molar-refractivity contribution in [2.75, 3.05) is 13.1 Å². The smallest absolute Gasteiger partial charge is 0.252 e. The number of aromatic nitrogens is 2. The molecule has 0 radical (unpaired) electrons. The molecular formula is C19H25ClN4O4S. The van der Waals surface area contributed by atoms with Gasteiger partial charge in [0.15, 0.2) is 5.82 Å². The molecule has 0 saturated carbocycles. The molecule has 1 aliphatic rings. The fraction of sp³-hybridized carbons (Fsp3) is 0.526. The van der Waals surface area contributed by atoms with Crippen molar-refractivity contribution in [1.29, 1.82) is 0 Å². The van der Waals surface area contributed by atoms with E-state index in [1.54, 1.807) is 20.8 Å². The monoisotopic (exact) mass is 440 g/mol. The topological polar surface area (TPSA) is 105 Å². The van der Waals surface area contributed by atoms with Gasteiger partial charge in [-0.15, -0.1) is 0 Å². The molecule has 29 heavy (non-hydrogen) atoms. The van der Waals surface area contributed by atoms with Crippen LogP contribution in [0.25, 0.3) is 0 Å². The maximum atomic E-state index is 13.1. The van der Waals surface area contributed by atoms with E-state index < -0.39 is 21.5 Å². The van der Waals surface area contributed by atoms with E-state index in [9.17, 15) is 13.2 Å². The number of aryl methyl sites for hydroxylation is 1. The number of halogens is 1. The molecule has 1 fully saturated rings. The van der Waals surface area contributed by atoms with Gasteiger partial charge in [0, 0.05) is 25.6 Å². The van der Waals surface area contributed by atoms with Crippen LogP contribution < -0.4 is 5.32 Å². The number of carbonyl (C=O) groups is 1. The summed E-state index contributed by atoms with van der Waals surface area (Å²) in [7, 11) is -3.79. The molecule has 158 valence electrons. The molecule has 1 aliphatic heterocycles. The van der Waals surface area contributed by atoms with Crippen molar-refractivity contribution in [2.45, 2.75) is 51.0 Å². The summed E-state index contributed by atoms with van der Waals surface area (Å²) in [5, 5.41) is 6.75. The zero-order valence-electron chi connectivity index (χ0n) is 16.9. The fourth-order valence-electron chi connectivity index (χ4n) is 3.31.